The number of para-hydroxylation sites is 1. The summed E-state index contributed by atoms with van der Waals surface area (Å²) in [6.07, 6.45) is 1.92. The number of nitrogens with zero attached hydrogens (tertiary/aromatic N) is 2. The number of rotatable bonds is 2. The molecule has 0 atom stereocenters. The number of thioether (sulfide) groups is 1. The predicted octanol–water partition coefficient (Wildman–Crippen LogP) is 3.98. The maximum Gasteiger partial charge on any atom is 0.266 e. The molecule has 100 valence electrons. The van der Waals surface area contributed by atoms with E-state index in [1.165, 1.54) is 11.8 Å². The number of aliphatic imine (C=N–C) groups is 1. The molecule has 2 aromatic rings. The Bertz CT molecular complexity index is 675. The van der Waals surface area contributed by atoms with Crippen molar-refractivity contribution in [2.75, 3.05) is 7.05 Å². The first-order chi connectivity index (χ1) is 9.74. The van der Waals surface area contributed by atoms with Crippen LogP contribution in [0, 0.1) is 0 Å². The molecule has 1 amide bonds. The summed E-state index contributed by atoms with van der Waals surface area (Å²) in [5, 5.41) is 2.71. The molecule has 0 unspecified atom stereocenters. The highest BCUT2D eigenvalue weighted by molar-refractivity contribution is 8.18. The van der Waals surface area contributed by atoms with Crippen LogP contribution in [0.1, 0.15) is 4.88 Å². The van der Waals surface area contributed by atoms with Crippen LogP contribution in [0.15, 0.2) is 57.7 Å². The first kappa shape index (κ1) is 13.1. The Morgan fingerprint density at radius 3 is 2.65 bits per heavy atom. The molecule has 1 aliphatic heterocycles. The molecule has 0 bridgehead atoms. The number of carbonyl (C=O) groups is 1. The number of likely N-dealkylation sites (N-methyl/N-ethyl adjacent to an activating group) is 1. The number of amides is 1. The molecular weight excluding hydrogens is 288 g/mol. The number of hydrogen-bond acceptors (Lipinski definition) is 4. The third-order valence-corrected chi connectivity index (χ3v) is 4.68. The third kappa shape index (κ3) is 2.69. The van der Waals surface area contributed by atoms with Crippen LogP contribution in [0.3, 0.4) is 0 Å². The number of hydrogen-bond donors (Lipinski definition) is 0. The second kappa shape index (κ2) is 5.64. The van der Waals surface area contributed by atoms with Gasteiger partial charge in [0, 0.05) is 11.9 Å². The van der Waals surface area contributed by atoms with Crippen molar-refractivity contribution >= 4 is 45.9 Å². The SMILES string of the molecule is CN1C(=O)/C(=C\c2cccs2)SC1=Nc1ccccc1. The minimum atomic E-state index is -0.00178. The van der Waals surface area contributed by atoms with Crippen molar-refractivity contribution in [3.8, 4) is 0 Å². The lowest BCUT2D eigenvalue weighted by atomic mass is 10.3. The van der Waals surface area contributed by atoms with Gasteiger partial charge in [0.1, 0.15) is 0 Å². The van der Waals surface area contributed by atoms with Crippen molar-refractivity contribution in [3.63, 3.8) is 0 Å². The summed E-state index contributed by atoms with van der Waals surface area (Å²) < 4.78 is 0. The Morgan fingerprint density at radius 2 is 1.95 bits per heavy atom. The molecule has 1 aliphatic rings. The van der Waals surface area contributed by atoms with E-state index in [1.807, 2.05) is 53.9 Å². The largest absolute Gasteiger partial charge is 0.290 e. The maximum absolute atomic E-state index is 12.2. The third-order valence-electron chi connectivity index (χ3n) is 2.80. The van der Waals surface area contributed by atoms with E-state index in [4.69, 9.17) is 0 Å². The zero-order valence-electron chi connectivity index (χ0n) is 10.8. The van der Waals surface area contributed by atoms with E-state index >= 15 is 0 Å². The zero-order chi connectivity index (χ0) is 13.9. The van der Waals surface area contributed by atoms with E-state index < -0.39 is 0 Å². The Balaban J connectivity index is 1.89. The van der Waals surface area contributed by atoms with Crippen LogP contribution >= 0.6 is 23.1 Å². The molecule has 3 nitrogen and oxygen atoms in total. The van der Waals surface area contributed by atoms with Gasteiger partial charge in [0.05, 0.1) is 10.6 Å². The summed E-state index contributed by atoms with van der Waals surface area (Å²) in [4.78, 5) is 20.1. The molecule has 0 aliphatic carbocycles. The fourth-order valence-electron chi connectivity index (χ4n) is 1.77. The van der Waals surface area contributed by atoms with Crippen molar-refractivity contribution in [3.05, 3.63) is 57.6 Å². The highest BCUT2D eigenvalue weighted by Gasteiger charge is 2.30. The molecule has 1 fully saturated rings. The van der Waals surface area contributed by atoms with E-state index in [-0.39, 0.29) is 5.91 Å². The van der Waals surface area contributed by atoms with E-state index in [1.54, 1.807) is 23.3 Å². The summed E-state index contributed by atoms with van der Waals surface area (Å²) >= 11 is 3.03. The van der Waals surface area contributed by atoms with Gasteiger partial charge in [0.15, 0.2) is 5.17 Å². The van der Waals surface area contributed by atoms with Gasteiger partial charge in [-0.2, -0.15) is 0 Å². The molecule has 1 aromatic heterocycles. The van der Waals surface area contributed by atoms with Gasteiger partial charge in [-0.05, 0) is 41.4 Å². The first-order valence-corrected chi connectivity index (χ1v) is 7.78. The van der Waals surface area contributed by atoms with E-state index in [2.05, 4.69) is 4.99 Å². The van der Waals surface area contributed by atoms with Gasteiger partial charge in [0.2, 0.25) is 0 Å². The molecular formula is C15H12N2OS2. The Hall–Kier alpha value is -1.85. The van der Waals surface area contributed by atoms with Crippen molar-refractivity contribution < 1.29 is 4.79 Å². The molecule has 0 N–H and O–H groups in total. The van der Waals surface area contributed by atoms with Crippen LogP contribution in [0.5, 0.6) is 0 Å². The minimum Gasteiger partial charge on any atom is -0.290 e. The Morgan fingerprint density at radius 1 is 1.15 bits per heavy atom. The lowest BCUT2D eigenvalue weighted by Gasteiger charge is -2.06. The van der Waals surface area contributed by atoms with Gasteiger partial charge in [0.25, 0.3) is 5.91 Å². The lowest BCUT2D eigenvalue weighted by Crippen LogP contribution is -2.23. The minimum absolute atomic E-state index is 0.00178. The average Bonchev–Trinajstić information content (AvgIpc) is 3.06. The molecule has 3 rings (SSSR count). The van der Waals surface area contributed by atoms with Crippen molar-refractivity contribution in [1.29, 1.82) is 0 Å². The Kier molecular flexibility index (Phi) is 3.71. The quantitative estimate of drug-likeness (QED) is 0.786. The second-order valence-electron chi connectivity index (χ2n) is 4.22. The highest BCUT2D eigenvalue weighted by Crippen LogP contribution is 2.33. The molecule has 20 heavy (non-hydrogen) atoms. The lowest BCUT2D eigenvalue weighted by molar-refractivity contribution is -0.121. The van der Waals surface area contributed by atoms with Crippen molar-refractivity contribution in [2.24, 2.45) is 4.99 Å². The van der Waals surface area contributed by atoms with Crippen LogP contribution in [0.4, 0.5) is 5.69 Å². The van der Waals surface area contributed by atoms with E-state index in [0.717, 1.165) is 10.6 Å². The van der Waals surface area contributed by atoms with Gasteiger partial charge in [-0.15, -0.1) is 11.3 Å². The van der Waals surface area contributed by atoms with Crippen LogP contribution in [0.25, 0.3) is 6.08 Å². The number of carbonyl (C=O) groups excluding carboxylic acids is 1. The fraction of sp³-hybridized carbons (Fsp3) is 0.0667. The summed E-state index contributed by atoms with van der Waals surface area (Å²) in [5.41, 5.74) is 0.854. The van der Waals surface area contributed by atoms with Crippen LogP contribution < -0.4 is 0 Å². The monoisotopic (exact) mass is 300 g/mol. The molecule has 5 heteroatoms. The van der Waals surface area contributed by atoms with E-state index in [0.29, 0.717) is 10.1 Å². The topological polar surface area (TPSA) is 32.7 Å². The summed E-state index contributed by atoms with van der Waals surface area (Å²) in [6, 6.07) is 13.6. The summed E-state index contributed by atoms with van der Waals surface area (Å²) in [5.74, 6) is -0.00178. The number of amidine groups is 1. The molecule has 0 radical (unpaired) electrons. The zero-order valence-corrected chi connectivity index (χ0v) is 12.4. The van der Waals surface area contributed by atoms with Crippen LogP contribution in [0.2, 0.25) is 0 Å². The molecule has 1 aromatic carbocycles. The molecule has 0 spiro atoms. The van der Waals surface area contributed by atoms with Gasteiger partial charge in [-0.25, -0.2) is 4.99 Å². The molecule has 1 saturated heterocycles. The number of benzene rings is 1. The first-order valence-electron chi connectivity index (χ1n) is 6.09. The smallest absolute Gasteiger partial charge is 0.266 e. The van der Waals surface area contributed by atoms with Gasteiger partial charge < -0.3 is 0 Å². The fourth-order valence-corrected chi connectivity index (χ4v) is 3.48. The van der Waals surface area contributed by atoms with Crippen molar-refractivity contribution in [1.82, 2.24) is 4.90 Å². The standard InChI is InChI=1S/C15H12N2OS2/c1-17-14(18)13(10-12-8-5-9-19-12)20-15(17)16-11-6-3-2-4-7-11/h2-10H,1H3/b13-10+,16-15?. The second-order valence-corrected chi connectivity index (χ2v) is 6.21. The van der Waals surface area contributed by atoms with E-state index in [9.17, 15) is 4.79 Å². The predicted molar refractivity (Wildman–Crippen MR) is 86.2 cm³/mol. The average molecular weight is 300 g/mol. The summed E-state index contributed by atoms with van der Waals surface area (Å²) in [6.45, 7) is 0. The number of thiophene rings is 1. The van der Waals surface area contributed by atoms with Gasteiger partial charge >= 0.3 is 0 Å². The van der Waals surface area contributed by atoms with Gasteiger partial charge in [-0.3, -0.25) is 9.69 Å². The van der Waals surface area contributed by atoms with Gasteiger partial charge in [-0.1, -0.05) is 24.3 Å². The van der Waals surface area contributed by atoms with Crippen LogP contribution in [-0.2, 0) is 4.79 Å². The van der Waals surface area contributed by atoms with Crippen molar-refractivity contribution in [2.45, 2.75) is 0 Å². The normalized spacial score (nSPS) is 19.2. The summed E-state index contributed by atoms with van der Waals surface area (Å²) in [7, 11) is 1.76. The highest BCUT2D eigenvalue weighted by atomic mass is 32.2. The maximum atomic E-state index is 12.2. The molecule has 2 heterocycles. The molecule has 0 saturated carbocycles. The van der Waals surface area contributed by atoms with Crippen LogP contribution in [-0.4, -0.2) is 23.0 Å². The Labute approximate surface area is 125 Å².